The van der Waals surface area contributed by atoms with Gasteiger partial charge in [-0.2, -0.15) is 51.0 Å². The summed E-state index contributed by atoms with van der Waals surface area (Å²) in [5.41, 5.74) is 4.52. The topological polar surface area (TPSA) is 333 Å². The minimum Gasteiger partial charge on any atom is -0.399 e. The third-order valence-corrected chi connectivity index (χ3v) is 8.66. The number of nitrogens with one attached hydrogen (secondary N) is 2. The molecule has 1 fully saturated rings. The summed E-state index contributed by atoms with van der Waals surface area (Å²) in [4.78, 5) is 25.3. The third kappa shape index (κ3) is 8.52. The highest BCUT2D eigenvalue weighted by molar-refractivity contribution is 7.86. The van der Waals surface area contributed by atoms with E-state index in [1.54, 1.807) is 0 Å². The van der Waals surface area contributed by atoms with Gasteiger partial charge in [0.15, 0.2) is 0 Å². The van der Waals surface area contributed by atoms with Gasteiger partial charge in [-0.1, -0.05) is 24.3 Å². The quantitative estimate of drug-likeness (QED) is 0.0462. The van der Waals surface area contributed by atoms with E-state index in [4.69, 9.17) is 11.0 Å². The second-order valence-corrected chi connectivity index (χ2v) is 13.5. The lowest BCUT2D eigenvalue weighted by Gasteiger charge is -2.18. The molecule has 0 unspecified atom stereocenters. The molecule has 248 valence electrons. The summed E-state index contributed by atoms with van der Waals surface area (Å²) in [7, 11) is -14.6. The highest BCUT2D eigenvalue weighted by Crippen LogP contribution is 2.32. The van der Waals surface area contributed by atoms with E-state index in [0.29, 0.717) is 0 Å². The number of azo groups is 2. The number of nitrogen functional groups attached to an aromatic ring is 1. The molecule has 0 saturated carbocycles. The maximum atomic E-state index is 12.1. The number of nitriles is 1. The van der Waals surface area contributed by atoms with Crippen LogP contribution in [0.15, 0.2) is 94.7 Å². The zero-order valence-electron chi connectivity index (χ0n) is 23.5. The standard InChI is InChI=1S/C25H19N9O11S3/c26-12-28-25-29-23(35)22(24(36)30-25)34-33-18-8-7-17(11-21(18)48(43,44)45)32-31-16-6-4-14(20(10-16)47(40,41)42)2-1-13-3-5-15(27)9-19(13)46(37,38)39/h1-11,22H,27H2,(H,37,38,39)(H,40,41,42)(H,43,44,45)(H2,28,29,30,35,36). The van der Waals surface area contributed by atoms with Crippen LogP contribution in [0.4, 0.5) is 22.7 Å². The second kappa shape index (κ2) is 13.5. The number of carbonyl (C=O) groups is 2. The minimum absolute atomic E-state index is 0.0289. The highest BCUT2D eigenvalue weighted by atomic mass is 32.2. The van der Waals surface area contributed by atoms with Crippen molar-refractivity contribution in [1.82, 2.24) is 10.6 Å². The zero-order chi connectivity index (χ0) is 35.4. The molecule has 7 N–H and O–H groups in total. The maximum absolute atomic E-state index is 12.1. The molecule has 1 heterocycles. The Morgan fingerprint density at radius 3 is 1.71 bits per heavy atom. The van der Waals surface area contributed by atoms with Gasteiger partial charge in [0, 0.05) is 5.69 Å². The van der Waals surface area contributed by atoms with Gasteiger partial charge in [0.05, 0.1) is 11.4 Å². The monoisotopic (exact) mass is 717 g/mol. The van der Waals surface area contributed by atoms with Gasteiger partial charge < -0.3 is 5.73 Å². The van der Waals surface area contributed by atoms with Crippen LogP contribution in [0, 0.1) is 11.5 Å². The Morgan fingerprint density at radius 1 is 0.708 bits per heavy atom. The van der Waals surface area contributed by atoms with E-state index < -0.39 is 74.5 Å². The van der Waals surface area contributed by atoms with E-state index in [1.165, 1.54) is 30.5 Å². The van der Waals surface area contributed by atoms with Gasteiger partial charge in [-0.15, -0.1) is 4.99 Å². The second-order valence-electron chi connectivity index (χ2n) is 9.29. The van der Waals surface area contributed by atoms with Gasteiger partial charge in [-0.3, -0.25) is 33.9 Å². The Bertz CT molecular complexity index is 2330. The average molecular weight is 718 g/mol. The summed E-state index contributed by atoms with van der Waals surface area (Å²) in [5.74, 6) is -2.52. The van der Waals surface area contributed by atoms with Crippen LogP contribution < -0.4 is 16.4 Å². The van der Waals surface area contributed by atoms with Gasteiger partial charge in [0.2, 0.25) is 18.2 Å². The van der Waals surface area contributed by atoms with E-state index in [2.05, 4.69) is 36.1 Å². The van der Waals surface area contributed by atoms with Crippen molar-refractivity contribution in [2.75, 3.05) is 5.73 Å². The van der Waals surface area contributed by atoms with Crippen molar-refractivity contribution < 1.29 is 48.5 Å². The van der Waals surface area contributed by atoms with E-state index >= 15 is 0 Å². The molecule has 0 atom stereocenters. The van der Waals surface area contributed by atoms with Crippen molar-refractivity contribution in [3.8, 4) is 6.19 Å². The number of benzene rings is 3. The predicted octanol–water partition coefficient (Wildman–Crippen LogP) is 2.13. The van der Waals surface area contributed by atoms with Crippen LogP contribution >= 0.6 is 0 Å². The molecule has 2 amide bonds. The lowest BCUT2D eigenvalue weighted by molar-refractivity contribution is -0.131. The summed E-state index contributed by atoms with van der Waals surface area (Å²) < 4.78 is 101. The van der Waals surface area contributed by atoms with Crippen molar-refractivity contribution >= 4 is 83.0 Å². The summed E-state index contributed by atoms with van der Waals surface area (Å²) in [5, 5.41) is 27.4. The number of amides is 2. The molecule has 0 aliphatic carbocycles. The number of guanidine groups is 1. The number of nitrogens with two attached hydrogens (primary N) is 1. The molecule has 0 bridgehead atoms. The fourth-order valence-corrected chi connectivity index (χ4v) is 5.92. The number of aliphatic imine (C=N–C) groups is 1. The summed E-state index contributed by atoms with van der Waals surface area (Å²) in [6.07, 6.45) is 3.64. The third-order valence-electron chi connectivity index (χ3n) is 5.96. The van der Waals surface area contributed by atoms with Gasteiger partial charge in [-0.05, 0) is 53.6 Å². The maximum Gasteiger partial charge on any atom is 0.296 e. The minimum atomic E-state index is -5.00. The summed E-state index contributed by atoms with van der Waals surface area (Å²) in [6.45, 7) is 0. The van der Waals surface area contributed by atoms with Crippen molar-refractivity contribution in [3.05, 3.63) is 65.7 Å². The molecule has 23 heteroatoms. The zero-order valence-corrected chi connectivity index (χ0v) is 26.0. The normalized spacial score (nSPS) is 15.9. The SMILES string of the molecule is N#CN=C1NC(=O)C(N=Nc2ccc(N=Nc3ccc(C=Cc4ccc(N)cc4S(=O)(=O)O)c(S(=O)(=O)O)c3)cc2S(=O)(=O)O)C(=O)N1. The number of hydrogen-bond donors (Lipinski definition) is 6. The van der Waals surface area contributed by atoms with Crippen LogP contribution in [-0.2, 0) is 39.9 Å². The van der Waals surface area contributed by atoms with Crippen molar-refractivity contribution in [3.63, 3.8) is 0 Å². The summed E-state index contributed by atoms with van der Waals surface area (Å²) in [6, 6.07) is 8.03. The molecule has 0 radical (unpaired) electrons. The Morgan fingerprint density at radius 2 is 1.19 bits per heavy atom. The van der Waals surface area contributed by atoms with Crippen LogP contribution in [0.25, 0.3) is 12.2 Å². The fourth-order valence-electron chi connectivity index (χ4n) is 3.86. The molecule has 1 saturated heterocycles. The van der Waals surface area contributed by atoms with Crippen LogP contribution in [0.2, 0.25) is 0 Å². The van der Waals surface area contributed by atoms with Gasteiger partial charge in [0.25, 0.3) is 42.2 Å². The molecule has 1 aliphatic heterocycles. The lowest BCUT2D eigenvalue weighted by Crippen LogP contribution is -2.58. The molecule has 0 aromatic heterocycles. The molecule has 48 heavy (non-hydrogen) atoms. The van der Waals surface area contributed by atoms with Crippen LogP contribution in [0.5, 0.6) is 0 Å². The molecule has 0 spiro atoms. The Labute approximate surface area is 270 Å². The molecule has 20 nitrogen and oxygen atoms in total. The first kappa shape index (κ1) is 35.1. The van der Waals surface area contributed by atoms with Crippen molar-refractivity contribution in [2.45, 2.75) is 20.7 Å². The fraction of sp³-hybridized carbons (Fsp3) is 0.0400. The van der Waals surface area contributed by atoms with Crippen molar-refractivity contribution in [2.24, 2.45) is 25.4 Å². The lowest BCUT2D eigenvalue weighted by atomic mass is 10.1. The molecular weight excluding hydrogens is 699 g/mol. The first-order valence-corrected chi connectivity index (χ1v) is 16.9. The number of anilines is 1. The first-order chi connectivity index (χ1) is 22.4. The van der Waals surface area contributed by atoms with Crippen LogP contribution in [0.1, 0.15) is 11.1 Å². The van der Waals surface area contributed by atoms with E-state index in [-0.39, 0.29) is 28.2 Å². The van der Waals surface area contributed by atoms with Gasteiger partial charge >= 0.3 is 0 Å². The van der Waals surface area contributed by atoms with E-state index in [1.807, 2.05) is 0 Å². The number of hydrogen-bond acceptors (Lipinski definition) is 15. The molecule has 3 aromatic carbocycles. The Hall–Kier alpha value is -5.77. The molecular formula is C25H19N9O11S3. The predicted molar refractivity (Wildman–Crippen MR) is 164 cm³/mol. The Kier molecular flexibility index (Phi) is 9.89. The molecule has 4 rings (SSSR count). The molecule has 3 aromatic rings. The number of rotatable bonds is 9. The number of nitrogens with zero attached hydrogens (tertiary/aromatic N) is 6. The Balaban J connectivity index is 1.64. The highest BCUT2D eigenvalue weighted by Gasteiger charge is 2.34. The van der Waals surface area contributed by atoms with E-state index in [9.17, 15) is 48.5 Å². The van der Waals surface area contributed by atoms with Gasteiger partial charge in [-0.25, -0.2) is 0 Å². The molecule has 1 aliphatic rings. The largest absolute Gasteiger partial charge is 0.399 e. The first-order valence-electron chi connectivity index (χ1n) is 12.6. The van der Waals surface area contributed by atoms with Crippen LogP contribution in [-0.4, -0.2) is 62.7 Å². The van der Waals surface area contributed by atoms with E-state index in [0.717, 1.165) is 42.5 Å². The smallest absolute Gasteiger partial charge is 0.296 e. The number of carbonyl (C=O) groups excluding carboxylic acids is 2. The average Bonchev–Trinajstić information content (AvgIpc) is 2.98. The van der Waals surface area contributed by atoms with Gasteiger partial charge in [0.1, 0.15) is 20.4 Å². The van der Waals surface area contributed by atoms with Crippen molar-refractivity contribution in [1.29, 1.82) is 5.26 Å². The van der Waals surface area contributed by atoms with Crippen LogP contribution in [0.3, 0.4) is 0 Å². The summed E-state index contributed by atoms with van der Waals surface area (Å²) >= 11 is 0.